The number of imidazole rings is 1. The van der Waals surface area contributed by atoms with Crippen LogP contribution in [0.2, 0.25) is 5.02 Å². The molecule has 3 rings (SSSR count). The van der Waals surface area contributed by atoms with Gasteiger partial charge < -0.3 is 9.47 Å². The third-order valence-corrected chi connectivity index (χ3v) is 4.31. The summed E-state index contributed by atoms with van der Waals surface area (Å²) in [5, 5.41) is 0.607. The molecule has 5 heteroatoms. The van der Waals surface area contributed by atoms with Crippen molar-refractivity contribution in [1.82, 2.24) is 14.5 Å². The van der Waals surface area contributed by atoms with Crippen molar-refractivity contribution in [2.45, 2.75) is 13.1 Å². The van der Waals surface area contributed by atoms with E-state index in [0.29, 0.717) is 30.2 Å². The van der Waals surface area contributed by atoms with E-state index in [2.05, 4.69) is 28.3 Å². The number of hydrogen-bond acceptors (Lipinski definition) is 2. The van der Waals surface area contributed by atoms with Gasteiger partial charge in [-0.3, -0.25) is 4.79 Å². The molecule has 1 aromatic heterocycles. The highest BCUT2D eigenvalue weighted by Crippen LogP contribution is 2.14. The first-order valence-corrected chi connectivity index (χ1v) is 8.75. The molecule has 0 spiro atoms. The molecule has 0 saturated carbocycles. The van der Waals surface area contributed by atoms with E-state index in [4.69, 9.17) is 11.6 Å². The van der Waals surface area contributed by atoms with E-state index < -0.39 is 0 Å². The molecule has 0 bridgehead atoms. The zero-order valence-corrected chi connectivity index (χ0v) is 15.1. The minimum absolute atomic E-state index is 0.0733. The third kappa shape index (κ3) is 4.41. The van der Waals surface area contributed by atoms with Gasteiger partial charge in [0.25, 0.3) is 5.91 Å². The van der Waals surface area contributed by atoms with Crippen LogP contribution in [-0.4, -0.2) is 26.9 Å². The molecule has 0 N–H and O–H groups in total. The SMILES string of the molecule is C=CCN(Cc1nccn1Cc1ccccc1)C(=O)c1ccc(Cl)cc1. The van der Waals surface area contributed by atoms with Crippen molar-refractivity contribution in [1.29, 1.82) is 0 Å². The molecule has 0 saturated heterocycles. The van der Waals surface area contributed by atoms with Crippen molar-refractivity contribution in [2.75, 3.05) is 6.54 Å². The molecule has 26 heavy (non-hydrogen) atoms. The molecule has 1 amide bonds. The molecule has 0 aliphatic rings. The smallest absolute Gasteiger partial charge is 0.254 e. The Hall–Kier alpha value is -2.85. The number of hydrogen-bond donors (Lipinski definition) is 0. The number of rotatable bonds is 7. The van der Waals surface area contributed by atoms with Gasteiger partial charge in [-0.15, -0.1) is 6.58 Å². The van der Waals surface area contributed by atoms with Gasteiger partial charge in [0.15, 0.2) is 0 Å². The highest BCUT2D eigenvalue weighted by atomic mass is 35.5. The van der Waals surface area contributed by atoms with Crippen LogP contribution in [0.4, 0.5) is 0 Å². The molecule has 0 atom stereocenters. The number of amides is 1. The van der Waals surface area contributed by atoms with Crippen molar-refractivity contribution in [3.63, 3.8) is 0 Å². The molecule has 2 aromatic carbocycles. The van der Waals surface area contributed by atoms with Crippen molar-refractivity contribution < 1.29 is 4.79 Å². The zero-order valence-electron chi connectivity index (χ0n) is 14.4. The van der Waals surface area contributed by atoms with E-state index in [1.54, 1.807) is 41.4 Å². The van der Waals surface area contributed by atoms with Gasteiger partial charge in [0.2, 0.25) is 0 Å². The first kappa shape index (κ1) is 18.0. The first-order chi connectivity index (χ1) is 12.7. The molecule has 0 fully saturated rings. The second kappa shape index (κ2) is 8.50. The van der Waals surface area contributed by atoms with Crippen molar-refractivity contribution in [3.05, 3.63) is 102 Å². The topological polar surface area (TPSA) is 38.1 Å². The Morgan fingerprint density at radius 2 is 1.88 bits per heavy atom. The number of carbonyl (C=O) groups excluding carboxylic acids is 1. The number of halogens is 1. The Morgan fingerprint density at radius 1 is 1.15 bits per heavy atom. The van der Waals surface area contributed by atoms with Gasteiger partial charge in [0.05, 0.1) is 6.54 Å². The van der Waals surface area contributed by atoms with Crippen LogP contribution in [0, 0.1) is 0 Å². The molecule has 3 aromatic rings. The normalized spacial score (nSPS) is 10.5. The lowest BCUT2D eigenvalue weighted by Gasteiger charge is -2.21. The van der Waals surface area contributed by atoms with Gasteiger partial charge in [0.1, 0.15) is 5.82 Å². The Kier molecular flexibility index (Phi) is 5.87. The fourth-order valence-electron chi connectivity index (χ4n) is 2.74. The van der Waals surface area contributed by atoms with E-state index in [-0.39, 0.29) is 5.91 Å². The summed E-state index contributed by atoms with van der Waals surface area (Å²) in [4.78, 5) is 19.0. The molecule has 0 aliphatic carbocycles. The number of benzene rings is 2. The highest BCUT2D eigenvalue weighted by molar-refractivity contribution is 6.30. The van der Waals surface area contributed by atoms with Crippen LogP contribution in [0.1, 0.15) is 21.7 Å². The Morgan fingerprint density at radius 3 is 2.58 bits per heavy atom. The summed E-state index contributed by atoms with van der Waals surface area (Å²) in [5.41, 5.74) is 1.78. The minimum atomic E-state index is -0.0733. The molecule has 132 valence electrons. The Labute approximate surface area is 158 Å². The predicted octanol–water partition coefficient (Wildman–Crippen LogP) is 4.41. The average Bonchev–Trinajstić information content (AvgIpc) is 3.09. The maximum Gasteiger partial charge on any atom is 0.254 e. The summed E-state index contributed by atoms with van der Waals surface area (Å²) < 4.78 is 2.06. The molecule has 1 heterocycles. The minimum Gasteiger partial charge on any atom is -0.329 e. The summed E-state index contributed by atoms with van der Waals surface area (Å²) >= 11 is 5.92. The maximum absolute atomic E-state index is 12.8. The van der Waals surface area contributed by atoms with Gasteiger partial charge >= 0.3 is 0 Å². The molecule has 4 nitrogen and oxygen atoms in total. The number of nitrogens with zero attached hydrogens (tertiary/aromatic N) is 3. The summed E-state index contributed by atoms with van der Waals surface area (Å²) in [5.74, 6) is 0.758. The average molecular weight is 366 g/mol. The monoisotopic (exact) mass is 365 g/mol. The molecular weight excluding hydrogens is 346 g/mol. The van der Waals surface area contributed by atoms with Gasteiger partial charge in [-0.1, -0.05) is 48.0 Å². The standard InChI is InChI=1S/C21H20ClN3O/c1-2-13-25(21(26)18-8-10-19(22)11-9-18)16-20-23-12-14-24(20)15-17-6-4-3-5-7-17/h2-12,14H,1,13,15-16H2. The maximum atomic E-state index is 12.8. The van der Waals surface area contributed by atoms with Crippen LogP contribution in [0.3, 0.4) is 0 Å². The summed E-state index contributed by atoms with van der Waals surface area (Å²) in [6.45, 7) is 5.34. The molecular formula is C21H20ClN3O. The molecule has 0 radical (unpaired) electrons. The summed E-state index contributed by atoms with van der Waals surface area (Å²) in [6, 6.07) is 17.1. The van der Waals surface area contributed by atoms with E-state index in [1.807, 2.05) is 24.4 Å². The van der Waals surface area contributed by atoms with E-state index in [9.17, 15) is 4.79 Å². The van der Waals surface area contributed by atoms with Crippen LogP contribution in [0.15, 0.2) is 79.6 Å². The van der Waals surface area contributed by atoms with E-state index in [0.717, 1.165) is 5.82 Å². The van der Waals surface area contributed by atoms with Gasteiger partial charge in [-0.05, 0) is 29.8 Å². The Balaban J connectivity index is 1.78. The molecule has 0 aliphatic heterocycles. The van der Waals surface area contributed by atoms with Gasteiger partial charge in [-0.25, -0.2) is 4.98 Å². The zero-order chi connectivity index (χ0) is 18.4. The Bertz CT molecular complexity index is 872. The predicted molar refractivity (Wildman–Crippen MR) is 104 cm³/mol. The second-order valence-electron chi connectivity index (χ2n) is 5.94. The number of carbonyl (C=O) groups is 1. The lowest BCUT2D eigenvalue weighted by molar-refractivity contribution is 0.0757. The van der Waals surface area contributed by atoms with Crippen LogP contribution in [-0.2, 0) is 13.1 Å². The van der Waals surface area contributed by atoms with Crippen LogP contribution in [0.5, 0.6) is 0 Å². The van der Waals surface area contributed by atoms with E-state index in [1.165, 1.54) is 5.56 Å². The second-order valence-corrected chi connectivity index (χ2v) is 6.37. The van der Waals surface area contributed by atoms with Crippen LogP contribution in [0.25, 0.3) is 0 Å². The molecule has 0 unspecified atom stereocenters. The van der Waals surface area contributed by atoms with Gasteiger partial charge in [-0.2, -0.15) is 0 Å². The largest absolute Gasteiger partial charge is 0.329 e. The fourth-order valence-corrected chi connectivity index (χ4v) is 2.86. The summed E-state index contributed by atoms with van der Waals surface area (Å²) in [7, 11) is 0. The van der Waals surface area contributed by atoms with Crippen LogP contribution >= 0.6 is 11.6 Å². The fraction of sp³-hybridized carbons (Fsp3) is 0.143. The van der Waals surface area contributed by atoms with Gasteiger partial charge in [0, 0.05) is 36.1 Å². The quantitative estimate of drug-likeness (QED) is 0.581. The van der Waals surface area contributed by atoms with E-state index >= 15 is 0 Å². The lowest BCUT2D eigenvalue weighted by Crippen LogP contribution is -2.32. The summed E-state index contributed by atoms with van der Waals surface area (Å²) in [6.07, 6.45) is 5.41. The van der Waals surface area contributed by atoms with Crippen LogP contribution < -0.4 is 0 Å². The first-order valence-electron chi connectivity index (χ1n) is 8.37. The van der Waals surface area contributed by atoms with Crippen molar-refractivity contribution in [3.8, 4) is 0 Å². The van der Waals surface area contributed by atoms with Crippen molar-refractivity contribution in [2.24, 2.45) is 0 Å². The number of aromatic nitrogens is 2. The van der Waals surface area contributed by atoms with Crippen molar-refractivity contribution >= 4 is 17.5 Å². The lowest BCUT2D eigenvalue weighted by atomic mass is 10.2. The highest BCUT2D eigenvalue weighted by Gasteiger charge is 2.17. The third-order valence-electron chi connectivity index (χ3n) is 4.06.